The largest absolute Gasteiger partial charge is 0.416 e. The molecule has 0 atom stereocenters. The van der Waals surface area contributed by atoms with Crippen LogP contribution in [0.25, 0.3) is 21.9 Å². The molecule has 0 unspecified atom stereocenters. The predicted molar refractivity (Wildman–Crippen MR) is 97.2 cm³/mol. The first kappa shape index (κ1) is 18.2. The van der Waals surface area contributed by atoms with Crippen molar-refractivity contribution in [1.29, 1.82) is 0 Å². The Morgan fingerprint density at radius 2 is 1.77 bits per heavy atom. The van der Waals surface area contributed by atoms with Crippen LogP contribution in [0, 0.1) is 0 Å². The van der Waals surface area contributed by atoms with Gasteiger partial charge in [0.25, 0.3) is 0 Å². The van der Waals surface area contributed by atoms with Gasteiger partial charge in [-0.05, 0) is 54.2 Å². The smallest absolute Gasteiger partial charge is 0.338 e. The van der Waals surface area contributed by atoms with Crippen LogP contribution in [0.1, 0.15) is 5.56 Å². The number of nitrogens with two attached hydrogens (primary N) is 2. The maximum Gasteiger partial charge on any atom is 0.416 e. The number of nitrogens with zero attached hydrogens (tertiary/aromatic N) is 2. The lowest BCUT2D eigenvalue weighted by Gasteiger charge is -2.13. The number of rotatable bonds is 3. The van der Waals surface area contributed by atoms with E-state index < -0.39 is 11.7 Å². The van der Waals surface area contributed by atoms with Crippen molar-refractivity contribution >= 4 is 22.7 Å². The van der Waals surface area contributed by atoms with E-state index in [4.69, 9.17) is 11.7 Å². The maximum atomic E-state index is 12.8. The Balaban J connectivity index is 2.23. The standard InChI is InChI=1S/C17H16F3N5S/c1-23-26-12-6-7-13-14(8-12)16(24-21)25(22)9-15(13)10-2-4-11(5-3-10)17(18,19)20/h2-9,23H,21-22H2,1H3/b24-16-. The normalized spacial score (nSPS) is 12.7. The molecule has 0 bridgehead atoms. The molecule has 0 fully saturated rings. The minimum Gasteiger partial charge on any atom is -0.338 e. The van der Waals surface area contributed by atoms with Crippen LogP contribution in [-0.2, 0) is 6.18 Å². The number of fused-ring (bicyclic) bond motifs is 1. The van der Waals surface area contributed by atoms with E-state index in [1.807, 2.05) is 18.2 Å². The summed E-state index contributed by atoms with van der Waals surface area (Å²) in [6.07, 6.45) is -2.78. The number of hydrogen-bond acceptors (Lipinski definition) is 5. The zero-order valence-electron chi connectivity index (χ0n) is 13.7. The number of halogens is 3. The molecule has 5 N–H and O–H groups in total. The van der Waals surface area contributed by atoms with Gasteiger partial charge >= 0.3 is 6.18 Å². The Kier molecular flexibility index (Phi) is 4.84. The molecule has 5 nitrogen and oxygen atoms in total. The Morgan fingerprint density at radius 1 is 1.08 bits per heavy atom. The summed E-state index contributed by atoms with van der Waals surface area (Å²) in [5.41, 5.74) is 0.964. The molecular weight excluding hydrogens is 363 g/mol. The summed E-state index contributed by atoms with van der Waals surface area (Å²) in [7, 11) is 1.80. The van der Waals surface area contributed by atoms with Gasteiger partial charge in [0.05, 0.1) is 5.56 Å². The molecule has 0 radical (unpaired) electrons. The number of benzene rings is 2. The Labute approximate surface area is 151 Å². The maximum absolute atomic E-state index is 12.8. The van der Waals surface area contributed by atoms with Gasteiger partial charge in [-0.3, -0.25) is 4.72 Å². The van der Waals surface area contributed by atoms with E-state index >= 15 is 0 Å². The number of aromatic nitrogens is 1. The van der Waals surface area contributed by atoms with Crippen molar-refractivity contribution in [2.75, 3.05) is 12.9 Å². The van der Waals surface area contributed by atoms with Gasteiger partial charge in [-0.15, -0.1) is 0 Å². The highest BCUT2D eigenvalue weighted by atomic mass is 32.2. The van der Waals surface area contributed by atoms with Crippen LogP contribution < -0.4 is 21.9 Å². The monoisotopic (exact) mass is 379 g/mol. The highest BCUT2D eigenvalue weighted by Crippen LogP contribution is 2.33. The highest BCUT2D eigenvalue weighted by molar-refractivity contribution is 7.97. The fourth-order valence-electron chi connectivity index (χ4n) is 2.74. The predicted octanol–water partition coefficient (Wildman–Crippen LogP) is 3.04. The quantitative estimate of drug-likeness (QED) is 0.371. The molecule has 26 heavy (non-hydrogen) atoms. The molecule has 0 amide bonds. The zero-order chi connectivity index (χ0) is 18.9. The van der Waals surface area contributed by atoms with E-state index in [0.29, 0.717) is 22.0 Å². The van der Waals surface area contributed by atoms with Crippen LogP contribution in [0.4, 0.5) is 13.2 Å². The van der Waals surface area contributed by atoms with E-state index in [9.17, 15) is 13.2 Å². The van der Waals surface area contributed by atoms with E-state index in [2.05, 4.69) is 9.82 Å². The third-order valence-corrected chi connectivity index (χ3v) is 4.59. The van der Waals surface area contributed by atoms with E-state index in [0.717, 1.165) is 22.4 Å². The lowest BCUT2D eigenvalue weighted by Crippen LogP contribution is -2.29. The minimum absolute atomic E-state index is 0.370. The third kappa shape index (κ3) is 3.35. The molecule has 3 aromatic rings. The average molecular weight is 379 g/mol. The zero-order valence-corrected chi connectivity index (χ0v) is 14.5. The van der Waals surface area contributed by atoms with Crippen molar-refractivity contribution in [1.82, 2.24) is 9.40 Å². The first-order chi connectivity index (χ1) is 12.3. The number of nitrogen functional groups attached to an aromatic ring is 1. The second-order valence-electron chi connectivity index (χ2n) is 5.49. The van der Waals surface area contributed by atoms with Gasteiger partial charge < -0.3 is 11.7 Å². The van der Waals surface area contributed by atoms with Gasteiger partial charge in [-0.25, -0.2) is 4.68 Å². The SMILES string of the molecule is CNSc1ccc2c(-c3ccc(C(F)(F)F)cc3)cn(N)/c(=N\N)c2c1. The first-order valence-corrected chi connectivity index (χ1v) is 8.36. The molecule has 0 aliphatic rings. The average Bonchev–Trinajstić information content (AvgIpc) is 2.60. The van der Waals surface area contributed by atoms with Crippen molar-refractivity contribution in [2.45, 2.75) is 11.1 Å². The van der Waals surface area contributed by atoms with Crippen molar-refractivity contribution < 1.29 is 13.2 Å². The number of pyridine rings is 1. The molecule has 1 heterocycles. The molecule has 3 rings (SSSR count). The molecule has 0 saturated carbocycles. The van der Waals surface area contributed by atoms with Crippen LogP contribution in [0.3, 0.4) is 0 Å². The first-order valence-electron chi connectivity index (χ1n) is 7.55. The van der Waals surface area contributed by atoms with Gasteiger partial charge in [0.2, 0.25) is 0 Å². The number of nitrogens with one attached hydrogen (secondary N) is 1. The second kappa shape index (κ2) is 6.93. The summed E-state index contributed by atoms with van der Waals surface area (Å²) >= 11 is 1.41. The van der Waals surface area contributed by atoms with Gasteiger partial charge in [0.15, 0.2) is 5.49 Å². The molecule has 136 valence electrons. The molecule has 2 aromatic carbocycles. The van der Waals surface area contributed by atoms with E-state index in [1.165, 1.54) is 28.8 Å². The Morgan fingerprint density at radius 3 is 2.35 bits per heavy atom. The summed E-state index contributed by atoms with van der Waals surface area (Å²) < 4.78 is 42.6. The summed E-state index contributed by atoms with van der Waals surface area (Å²) in [5.74, 6) is 11.5. The van der Waals surface area contributed by atoms with Crippen molar-refractivity contribution in [2.24, 2.45) is 10.9 Å². The molecule has 0 saturated heterocycles. The topological polar surface area (TPSA) is 81.4 Å². The summed E-state index contributed by atoms with van der Waals surface area (Å²) in [5, 5.41) is 5.23. The molecule has 0 spiro atoms. The molecule has 9 heteroatoms. The van der Waals surface area contributed by atoms with Gasteiger partial charge in [0.1, 0.15) is 0 Å². The van der Waals surface area contributed by atoms with Gasteiger partial charge in [-0.1, -0.05) is 18.2 Å². The van der Waals surface area contributed by atoms with Crippen LogP contribution in [0.2, 0.25) is 0 Å². The minimum atomic E-state index is -4.38. The van der Waals surface area contributed by atoms with Gasteiger partial charge in [0, 0.05) is 22.0 Å². The summed E-state index contributed by atoms with van der Waals surface area (Å²) in [6, 6.07) is 10.6. The van der Waals surface area contributed by atoms with Crippen molar-refractivity contribution in [3.05, 3.63) is 59.7 Å². The van der Waals surface area contributed by atoms with E-state index in [-0.39, 0.29) is 0 Å². The van der Waals surface area contributed by atoms with Crippen molar-refractivity contribution in [3.63, 3.8) is 0 Å². The molecular formula is C17H16F3N5S. The number of alkyl halides is 3. The van der Waals surface area contributed by atoms with Crippen LogP contribution in [0.15, 0.2) is 58.7 Å². The lowest BCUT2D eigenvalue weighted by atomic mass is 9.99. The molecule has 0 aliphatic heterocycles. The number of hydrogen-bond donors (Lipinski definition) is 3. The van der Waals surface area contributed by atoms with Gasteiger partial charge in [-0.2, -0.15) is 18.3 Å². The molecule has 0 aliphatic carbocycles. The second-order valence-corrected chi connectivity index (χ2v) is 6.58. The lowest BCUT2D eigenvalue weighted by molar-refractivity contribution is -0.137. The Bertz CT molecular complexity index is 1010. The van der Waals surface area contributed by atoms with Crippen LogP contribution in [0.5, 0.6) is 0 Å². The van der Waals surface area contributed by atoms with E-state index in [1.54, 1.807) is 13.2 Å². The summed E-state index contributed by atoms with van der Waals surface area (Å²) in [4.78, 5) is 0.925. The fourth-order valence-corrected chi connectivity index (χ4v) is 3.29. The third-order valence-electron chi connectivity index (χ3n) is 3.90. The highest BCUT2D eigenvalue weighted by Gasteiger charge is 2.30. The van der Waals surface area contributed by atoms with Crippen LogP contribution in [-0.4, -0.2) is 11.7 Å². The van der Waals surface area contributed by atoms with Crippen LogP contribution >= 0.6 is 11.9 Å². The summed E-state index contributed by atoms with van der Waals surface area (Å²) in [6.45, 7) is 0. The Hall–Kier alpha value is -2.65. The molecule has 1 aromatic heterocycles. The fraction of sp³-hybridized carbons (Fsp3) is 0.118. The van der Waals surface area contributed by atoms with Crippen molar-refractivity contribution in [3.8, 4) is 11.1 Å².